The van der Waals surface area contributed by atoms with Crippen LogP contribution in [0.3, 0.4) is 0 Å². The molecule has 3 heterocycles. The monoisotopic (exact) mass is 447 g/mol. The van der Waals surface area contributed by atoms with E-state index in [1.54, 1.807) is 25.4 Å². The molecule has 2 aliphatic rings. The highest BCUT2D eigenvalue weighted by Crippen LogP contribution is 2.42. The summed E-state index contributed by atoms with van der Waals surface area (Å²) in [4.78, 5) is 41.7. The van der Waals surface area contributed by atoms with Gasteiger partial charge in [-0.3, -0.25) is 9.78 Å². The molecule has 11 heteroatoms. The third kappa shape index (κ3) is 3.93. The van der Waals surface area contributed by atoms with Gasteiger partial charge in [0.1, 0.15) is 0 Å². The van der Waals surface area contributed by atoms with Crippen LogP contribution in [0.2, 0.25) is 0 Å². The minimum Gasteiger partial charge on any atom is -0.480 e. The van der Waals surface area contributed by atoms with Crippen molar-refractivity contribution in [3.05, 3.63) is 53.3 Å². The molecule has 168 valence electrons. The van der Waals surface area contributed by atoms with E-state index in [-0.39, 0.29) is 17.9 Å². The van der Waals surface area contributed by atoms with Crippen LogP contribution in [0.25, 0.3) is 0 Å². The lowest BCUT2D eigenvalue weighted by atomic mass is 9.82. The number of nitrogens with zero attached hydrogens (tertiary/aromatic N) is 2. The van der Waals surface area contributed by atoms with Crippen LogP contribution < -0.4 is 14.8 Å². The molecule has 2 N–H and O–H groups in total. The van der Waals surface area contributed by atoms with E-state index in [9.17, 15) is 28.3 Å². The summed E-state index contributed by atoms with van der Waals surface area (Å²) in [7, 11) is 0. The molecule has 0 unspecified atom stereocenters. The predicted molar refractivity (Wildman–Crippen MR) is 104 cm³/mol. The van der Waals surface area contributed by atoms with Crippen molar-refractivity contribution in [3.8, 4) is 11.5 Å². The van der Waals surface area contributed by atoms with E-state index < -0.39 is 42.2 Å². The molecule has 9 nitrogen and oxygen atoms in total. The number of carbonyl (C=O) groups is 3. The first-order chi connectivity index (χ1) is 15.1. The maximum atomic E-state index is 13.2. The second kappa shape index (κ2) is 7.74. The minimum atomic E-state index is -3.77. The van der Waals surface area contributed by atoms with Crippen molar-refractivity contribution in [2.75, 3.05) is 0 Å². The molecule has 1 aromatic heterocycles. The third-order valence-corrected chi connectivity index (χ3v) is 5.34. The maximum Gasteiger partial charge on any atom is 0.586 e. The average molecular weight is 447 g/mol. The quantitative estimate of drug-likeness (QED) is 0.677. The number of urea groups is 1. The number of alkyl halides is 2. The van der Waals surface area contributed by atoms with Gasteiger partial charge in [-0.1, -0.05) is 12.1 Å². The van der Waals surface area contributed by atoms with E-state index in [2.05, 4.69) is 19.8 Å². The number of aliphatic carboxylic acids is 1. The van der Waals surface area contributed by atoms with Gasteiger partial charge >= 0.3 is 18.3 Å². The van der Waals surface area contributed by atoms with E-state index in [0.717, 1.165) is 5.56 Å². The molecule has 0 spiro atoms. The van der Waals surface area contributed by atoms with E-state index in [1.165, 1.54) is 18.2 Å². The normalized spacial score (nSPS) is 21.6. The molecule has 3 amide bonds. The molecular formula is C21H19F2N3O6. The summed E-state index contributed by atoms with van der Waals surface area (Å²) in [5.41, 5.74) is 1.96. The average Bonchev–Trinajstić information content (AvgIpc) is 3.02. The number of rotatable bonds is 5. The van der Waals surface area contributed by atoms with Gasteiger partial charge in [-0.05, 0) is 49.1 Å². The smallest absolute Gasteiger partial charge is 0.480 e. The van der Waals surface area contributed by atoms with Crippen LogP contribution in [0.1, 0.15) is 29.7 Å². The number of benzene rings is 1. The van der Waals surface area contributed by atoms with E-state index in [4.69, 9.17) is 0 Å². The van der Waals surface area contributed by atoms with Gasteiger partial charge in [0.05, 0.1) is 12.0 Å². The number of halogens is 2. The lowest BCUT2D eigenvalue weighted by molar-refractivity contribution is -0.286. The van der Waals surface area contributed by atoms with E-state index in [0.29, 0.717) is 16.0 Å². The SMILES string of the molecule is Cc1cncc(C[C@H]2C(=O)N(C(=O)N[C@H](C)c3ccc4c(c3)OC(F)(F)O4)[C@@H]2C(=O)O)c1. The molecule has 1 saturated heterocycles. The van der Waals surface area contributed by atoms with Crippen LogP contribution in [0.4, 0.5) is 13.6 Å². The Kier molecular flexibility index (Phi) is 5.19. The fraction of sp³-hybridized carbons (Fsp3) is 0.333. The Labute approximate surface area is 180 Å². The number of fused-ring (bicyclic) bond motifs is 1. The number of carboxylic acid groups (broad SMARTS) is 1. The number of amides is 3. The number of hydrogen-bond acceptors (Lipinski definition) is 6. The number of carbonyl (C=O) groups excluding carboxylic acids is 2. The topological polar surface area (TPSA) is 118 Å². The Morgan fingerprint density at radius 3 is 2.66 bits per heavy atom. The molecule has 4 rings (SSSR count). The number of aromatic nitrogens is 1. The Balaban J connectivity index is 1.45. The molecule has 0 aliphatic carbocycles. The molecule has 3 atom stereocenters. The molecule has 2 aliphatic heterocycles. The third-order valence-electron chi connectivity index (χ3n) is 5.34. The van der Waals surface area contributed by atoms with Crippen molar-refractivity contribution in [2.24, 2.45) is 5.92 Å². The summed E-state index contributed by atoms with van der Waals surface area (Å²) in [5, 5.41) is 12.1. The molecule has 1 aromatic carbocycles. The first kappa shape index (κ1) is 21.5. The first-order valence-electron chi connectivity index (χ1n) is 9.72. The molecule has 32 heavy (non-hydrogen) atoms. The standard InChI is InChI=1S/C21H19F2N3O6/c1-10-5-12(9-24-8-10)6-14-17(19(28)29)26(18(14)27)20(30)25-11(2)13-3-4-15-16(7-13)32-21(22,23)31-15/h3-5,7-9,11,14,17H,6H2,1-2H3,(H,25,30)(H,28,29)/t11-,14-,17+/m1/s1. The van der Waals surface area contributed by atoms with Crippen molar-refractivity contribution in [2.45, 2.75) is 38.6 Å². The maximum absolute atomic E-state index is 13.2. The number of likely N-dealkylation sites (tertiary alicyclic amines) is 1. The molecule has 2 aromatic rings. The largest absolute Gasteiger partial charge is 0.586 e. The number of β-lactam (4-membered cyclic amide) rings is 1. The van der Waals surface area contributed by atoms with Crippen molar-refractivity contribution in [3.63, 3.8) is 0 Å². The summed E-state index contributed by atoms with van der Waals surface area (Å²) in [6, 6.07) is 2.85. The number of pyridine rings is 1. The predicted octanol–water partition coefficient (Wildman–Crippen LogP) is 2.64. The number of aryl methyl sites for hydroxylation is 1. The summed E-state index contributed by atoms with van der Waals surface area (Å²) in [6.07, 6.45) is -0.444. The van der Waals surface area contributed by atoms with Gasteiger partial charge in [-0.2, -0.15) is 0 Å². The molecule has 1 fully saturated rings. The highest BCUT2D eigenvalue weighted by molar-refractivity contribution is 6.07. The number of hydrogen-bond donors (Lipinski definition) is 2. The highest BCUT2D eigenvalue weighted by atomic mass is 19.3. The molecule has 0 bridgehead atoms. The van der Waals surface area contributed by atoms with Crippen molar-refractivity contribution < 1.29 is 37.7 Å². The zero-order valence-electron chi connectivity index (χ0n) is 17.0. The Bertz CT molecular complexity index is 1110. The Morgan fingerprint density at radius 2 is 1.97 bits per heavy atom. The summed E-state index contributed by atoms with van der Waals surface area (Å²) in [6.45, 7) is 3.38. The van der Waals surface area contributed by atoms with Gasteiger partial charge in [0.2, 0.25) is 5.91 Å². The Morgan fingerprint density at radius 1 is 1.25 bits per heavy atom. The van der Waals surface area contributed by atoms with Gasteiger partial charge < -0.3 is 19.9 Å². The highest BCUT2D eigenvalue weighted by Gasteiger charge is 2.54. The van der Waals surface area contributed by atoms with Gasteiger partial charge in [0.15, 0.2) is 17.5 Å². The first-order valence-corrected chi connectivity index (χ1v) is 9.72. The minimum absolute atomic E-state index is 0.139. The summed E-state index contributed by atoms with van der Waals surface area (Å²) < 4.78 is 35.1. The van der Waals surface area contributed by atoms with Crippen molar-refractivity contribution >= 4 is 17.9 Å². The lowest BCUT2D eigenvalue weighted by Crippen LogP contribution is -2.68. The van der Waals surface area contributed by atoms with Crippen LogP contribution in [0, 0.1) is 12.8 Å². The fourth-order valence-corrected chi connectivity index (χ4v) is 3.81. The second-order valence-electron chi connectivity index (χ2n) is 7.72. The molecule has 0 radical (unpaired) electrons. The van der Waals surface area contributed by atoms with Gasteiger partial charge in [-0.25, -0.2) is 14.5 Å². The zero-order valence-corrected chi connectivity index (χ0v) is 17.0. The molecular weight excluding hydrogens is 428 g/mol. The van der Waals surface area contributed by atoms with Crippen LogP contribution in [-0.4, -0.2) is 45.2 Å². The van der Waals surface area contributed by atoms with E-state index >= 15 is 0 Å². The fourth-order valence-electron chi connectivity index (χ4n) is 3.81. The van der Waals surface area contributed by atoms with Crippen molar-refractivity contribution in [1.82, 2.24) is 15.2 Å². The van der Waals surface area contributed by atoms with Crippen molar-refractivity contribution in [1.29, 1.82) is 0 Å². The number of nitrogens with one attached hydrogen (secondary N) is 1. The second-order valence-corrected chi connectivity index (χ2v) is 7.72. The van der Waals surface area contributed by atoms with Crippen LogP contribution in [0.15, 0.2) is 36.7 Å². The molecule has 0 saturated carbocycles. The number of imide groups is 1. The summed E-state index contributed by atoms with van der Waals surface area (Å²) in [5.74, 6) is -3.15. The van der Waals surface area contributed by atoms with Crippen LogP contribution in [-0.2, 0) is 16.0 Å². The van der Waals surface area contributed by atoms with E-state index in [1.807, 2.05) is 6.92 Å². The van der Waals surface area contributed by atoms with Gasteiger partial charge in [-0.15, -0.1) is 8.78 Å². The summed E-state index contributed by atoms with van der Waals surface area (Å²) >= 11 is 0. The zero-order chi connectivity index (χ0) is 23.2. The number of carboxylic acids is 1. The van der Waals surface area contributed by atoms with Crippen LogP contribution >= 0.6 is 0 Å². The number of ether oxygens (including phenoxy) is 2. The van der Waals surface area contributed by atoms with Gasteiger partial charge in [0, 0.05) is 12.4 Å². The Hall–Kier alpha value is -3.76. The van der Waals surface area contributed by atoms with Crippen LogP contribution in [0.5, 0.6) is 11.5 Å². The lowest BCUT2D eigenvalue weighted by Gasteiger charge is -2.43. The van der Waals surface area contributed by atoms with Gasteiger partial charge in [0.25, 0.3) is 0 Å².